The van der Waals surface area contributed by atoms with Crippen LogP contribution in [0.25, 0.3) is 0 Å². The van der Waals surface area contributed by atoms with Crippen molar-refractivity contribution in [3.8, 4) is 0 Å². The number of halogens is 1. The van der Waals surface area contributed by atoms with Crippen molar-refractivity contribution >= 4 is 5.91 Å². The van der Waals surface area contributed by atoms with Crippen LogP contribution in [0.3, 0.4) is 0 Å². The molecule has 1 aliphatic rings. The summed E-state index contributed by atoms with van der Waals surface area (Å²) in [5, 5.41) is 3.22. The average molecular weight is 234 g/mol. The zero-order valence-electron chi connectivity index (χ0n) is 9.50. The molecule has 1 amide bonds. The molecule has 4 heteroatoms. The molecule has 1 aromatic carbocycles. The minimum Gasteiger partial charge on any atom is -0.366 e. The lowest BCUT2D eigenvalue weighted by atomic mass is 9.99. The number of hydrogen-bond acceptors (Lipinski definition) is 2. The van der Waals surface area contributed by atoms with E-state index in [-0.39, 0.29) is 5.56 Å². The summed E-state index contributed by atoms with van der Waals surface area (Å²) >= 11 is 0. The summed E-state index contributed by atoms with van der Waals surface area (Å²) in [4.78, 5) is 10.9. The van der Waals surface area contributed by atoms with Crippen molar-refractivity contribution < 1.29 is 9.18 Å². The Morgan fingerprint density at radius 1 is 1.47 bits per heavy atom. The molecule has 0 saturated heterocycles. The van der Waals surface area contributed by atoms with Crippen LogP contribution in [-0.4, -0.2) is 19.0 Å². The highest BCUT2D eigenvalue weighted by Gasteiger charge is 2.10. The lowest BCUT2D eigenvalue weighted by Gasteiger charge is -2.14. The van der Waals surface area contributed by atoms with Crippen LogP contribution in [-0.2, 0) is 6.42 Å². The number of rotatable bonds is 3. The van der Waals surface area contributed by atoms with Gasteiger partial charge in [0.15, 0.2) is 0 Å². The molecule has 2 rings (SSSR count). The molecular formula is C13H15FN2O. The van der Waals surface area contributed by atoms with Crippen molar-refractivity contribution in [2.45, 2.75) is 12.8 Å². The SMILES string of the molecule is NC(=O)c1ccc(CC2=CCNCC2)cc1F. The number of hydrogen-bond donors (Lipinski definition) is 2. The monoisotopic (exact) mass is 234 g/mol. The van der Waals surface area contributed by atoms with Crippen LogP contribution < -0.4 is 11.1 Å². The molecule has 0 aliphatic carbocycles. The predicted molar refractivity (Wildman–Crippen MR) is 64.2 cm³/mol. The van der Waals surface area contributed by atoms with Gasteiger partial charge in [-0.25, -0.2) is 4.39 Å². The van der Waals surface area contributed by atoms with Gasteiger partial charge in [0.05, 0.1) is 5.56 Å². The number of amides is 1. The first-order valence-corrected chi connectivity index (χ1v) is 5.63. The van der Waals surface area contributed by atoms with E-state index in [0.717, 1.165) is 31.5 Å². The molecule has 1 aliphatic heterocycles. The first kappa shape index (κ1) is 11.8. The van der Waals surface area contributed by atoms with Gasteiger partial charge in [0.2, 0.25) is 0 Å². The summed E-state index contributed by atoms with van der Waals surface area (Å²) in [7, 11) is 0. The highest BCUT2D eigenvalue weighted by molar-refractivity contribution is 5.93. The van der Waals surface area contributed by atoms with Crippen molar-refractivity contribution in [1.82, 2.24) is 5.32 Å². The predicted octanol–water partition coefficient (Wildman–Crippen LogP) is 1.39. The van der Waals surface area contributed by atoms with Gasteiger partial charge in [-0.3, -0.25) is 4.79 Å². The Labute approximate surface area is 99.5 Å². The Kier molecular flexibility index (Phi) is 3.54. The third-order valence-electron chi connectivity index (χ3n) is 2.89. The maximum absolute atomic E-state index is 13.5. The molecule has 3 nitrogen and oxygen atoms in total. The molecule has 90 valence electrons. The third-order valence-corrected chi connectivity index (χ3v) is 2.89. The molecule has 0 saturated carbocycles. The Morgan fingerprint density at radius 2 is 2.29 bits per heavy atom. The van der Waals surface area contributed by atoms with E-state index in [2.05, 4.69) is 11.4 Å². The lowest BCUT2D eigenvalue weighted by Crippen LogP contribution is -2.21. The standard InChI is InChI=1S/C13H15FN2O/c14-12-8-10(1-2-11(12)13(15)17)7-9-3-5-16-6-4-9/h1-3,8,16H,4-7H2,(H2,15,17). The summed E-state index contributed by atoms with van der Waals surface area (Å²) in [5.41, 5.74) is 7.18. The molecule has 0 fully saturated rings. The van der Waals surface area contributed by atoms with Gasteiger partial charge >= 0.3 is 0 Å². The number of benzene rings is 1. The van der Waals surface area contributed by atoms with E-state index in [9.17, 15) is 9.18 Å². The molecule has 3 N–H and O–H groups in total. The molecule has 0 radical (unpaired) electrons. The van der Waals surface area contributed by atoms with Crippen molar-refractivity contribution in [3.05, 3.63) is 46.8 Å². The minimum absolute atomic E-state index is 0.0481. The number of carbonyl (C=O) groups is 1. The van der Waals surface area contributed by atoms with Gasteiger partial charge in [0.1, 0.15) is 5.82 Å². The Morgan fingerprint density at radius 3 is 2.88 bits per heavy atom. The third kappa shape index (κ3) is 2.91. The lowest BCUT2D eigenvalue weighted by molar-refractivity contribution is 0.0996. The summed E-state index contributed by atoms with van der Waals surface area (Å²) in [5.74, 6) is -1.26. The van der Waals surface area contributed by atoms with E-state index < -0.39 is 11.7 Å². The van der Waals surface area contributed by atoms with E-state index >= 15 is 0 Å². The summed E-state index contributed by atoms with van der Waals surface area (Å²) in [6, 6.07) is 4.60. The van der Waals surface area contributed by atoms with Crippen molar-refractivity contribution in [1.29, 1.82) is 0 Å². The maximum Gasteiger partial charge on any atom is 0.251 e. The fourth-order valence-electron chi connectivity index (χ4n) is 1.96. The van der Waals surface area contributed by atoms with Gasteiger partial charge in [-0.1, -0.05) is 17.7 Å². The molecule has 1 aromatic rings. The van der Waals surface area contributed by atoms with Crippen LogP contribution in [0.15, 0.2) is 29.8 Å². The minimum atomic E-state index is -0.727. The van der Waals surface area contributed by atoms with Crippen LogP contribution in [0.2, 0.25) is 0 Å². The second-order valence-corrected chi connectivity index (χ2v) is 4.17. The van der Waals surface area contributed by atoms with Crippen molar-refractivity contribution in [3.63, 3.8) is 0 Å². The molecule has 0 aromatic heterocycles. The van der Waals surface area contributed by atoms with Gasteiger partial charge in [0.25, 0.3) is 5.91 Å². The van der Waals surface area contributed by atoms with Gasteiger partial charge in [0, 0.05) is 6.54 Å². The second-order valence-electron chi connectivity index (χ2n) is 4.17. The van der Waals surface area contributed by atoms with Crippen LogP contribution in [0, 0.1) is 5.82 Å². The van der Waals surface area contributed by atoms with Gasteiger partial charge in [-0.05, 0) is 37.1 Å². The summed E-state index contributed by atoms with van der Waals surface area (Å²) in [6.45, 7) is 1.84. The van der Waals surface area contributed by atoms with Gasteiger partial charge < -0.3 is 11.1 Å². The quantitative estimate of drug-likeness (QED) is 0.776. The molecule has 0 atom stereocenters. The average Bonchev–Trinajstić information content (AvgIpc) is 2.30. The van der Waals surface area contributed by atoms with E-state index in [1.165, 1.54) is 17.7 Å². The van der Waals surface area contributed by atoms with E-state index in [1.807, 2.05) is 0 Å². The number of nitrogens with two attached hydrogens (primary N) is 1. The fraction of sp³-hybridized carbons (Fsp3) is 0.308. The number of carbonyl (C=O) groups excluding carboxylic acids is 1. The number of nitrogens with one attached hydrogen (secondary N) is 1. The summed E-state index contributed by atoms with van der Waals surface area (Å²) < 4.78 is 13.5. The molecule has 0 spiro atoms. The maximum atomic E-state index is 13.5. The molecule has 0 bridgehead atoms. The summed E-state index contributed by atoms with van der Waals surface area (Å²) in [6.07, 6.45) is 3.85. The highest BCUT2D eigenvalue weighted by Crippen LogP contribution is 2.16. The van der Waals surface area contributed by atoms with Crippen LogP contribution in [0.4, 0.5) is 4.39 Å². The van der Waals surface area contributed by atoms with Gasteiger partial charge in [-0.15, -0.1) is 0 Å². The molecule has 1 heterocycles. The van der Waals surface area contributed by atoms with Crippen LogP contribution in [0.5, 0.6) is 0 Å². The molecule has 0 unspecified atom stereocenters. The fourth-order valence-corrected chi connectivity index (χ4v) is 1.96. The van der Waals surface area contributed by atoms with Crippen molar-refractivity contribution in [2.75, 3.05) is 13.1 Å². The van der Waals surface area contributed by atoms with Crippen LogP contribution >= 0.6 is 0 Å². The zero-order chi connectivity index (χ0) is 12.3. The molecule has 17 heavy (non-hydrogen) atoms. The van der Waals surface area contributed by atoms with E-state index in [0.29, 0.717) is 0 Å². The van der Waals surface area contributed by atoms with E-state index in [1.54, 1.807) is 6.07 Å². The Hall–Kier alpha value is -1.68. The normalized spacial score (nSPS) is 15.5. The largest absolute Gasteiger partial charge is 0.366 e. The van der Waals surface area contributed by atoms with Crippen molar-refractivity contribution in [2.24, 2.45) is 5.73 Å². The first-order valence-electron chi connectivity index (χ1n) is 5.63. The highest BCUT2D eigenvalue weighted by atomic mass is 19.1. The Balaban J connectivity index is 2.14. The smallest absolute Gasteiger partial charge is 0.251 e. The van der Waals surface area contributed by atoms with E-state index in [4.69, 9.17) is 5.73 Å². The zero-order valence-corrected chi connectivity index (χ0v) is 9.50. The first-order chi connectivity index (χ1) is 8.16. The van der Waals surface area contributed by atoms with Gasteiger partial charge in [-0.2, -0.15) is 0 Å². The number of primary amides is 1. The topological polar surface area (TPSA) is 55.1 Å². The Bertz CT molecular complexity index is 468. The molecular weight excluding hydrogens is 219 g/mol. The van der Waals surface area contributed by atoms with Crippen LogP contribution in [0.1, 0.15) is 22.3 Å². The second kappa shape index (κ2) is 5.10.